The molecule has 0 heterocycles. The molecular weight excluding hydrogens is 304 g/mol. The van der Waals surface area contributed by atoms with Crippen LogP contribution >= 0.6 is 0 Å². The van der Waals surface area contributed by atoms with Crippen LogP contribution < -0.4 is 0 Å². The van der Waals surface area contributed by atoms with Gasteiger partial charge in [-0.3, -0.25) is 10.1 Å². The van der Waals surface area contributed by atoms with Crippen molar-refractivity contribution in [3.63, 3.8) is 0 Å². The Morgan fingerprint density at radius 1 is 1.00 bits per heavy atom. The number of hydrogen-bond donors (Lipinski definition) is 2. The molecule has 0 aromatic heterocycles. The van der Waals surface area contributed by atoms with Gasteiger partial charge in [0.25, 0.3) is 0 Å². The number of rotatable bonds is 15. The van der Waals surface area contributed by atoms with Crippen molar-refractivity contribution in [1.82, 2.24) is 0 Å². The van der Waals surface area contributed by atoms with Crippen molar-refractivity contribution in [2.24, 2.45) is 0 Å². The van der Waals surface area contributed by atoms with Gasteiger partial charge in [0.15, 0.2) is 0 Å². The molecule has 1 atom stereocenters. The number of unbranched alkanes of at least 4 members (excludes halogenated alkanes) is 3. The first-order valence-corrected chi connectivity index (χ1v) is 8.86. The molecule has 0 radical (unpaired) electrons. The van der Waals surface area contributed by atoms with E-state index in [1.165, 1.54) is 0 Å². The van der Waals surface area contributed by atoms with Crippen LogP contribution in [0, 0.1) is 0 Å². The predicted molar refractivity (Wildman–Crippen MR) is 98.9 cm³/mol. The van der Waals surface area contributed by atoms with E-state index in [1.807, 2.05) is 30.4 Å². The molecule has 0 aliphatic rings. The zero-order valence-corrected chi connectivity index (χ0v) is 14.8. The standard InChI is InChI=1S/C20H32O4/c1-2-3-13-16-19(24-23)17-14-11-9-7-5-4-6-8-10-12-15-18-20(21)22/h4-5,8-11,14,17,19,23H,2-3,6-7,12-13,15-16,18H2,1H3,(H,21,22)/b5-4?,10-8?,11-9-,17-14+/t19-/m0/s1. The topological polar surface area (TPSA) is 66.8 Å². The molecule has 0 spiro atoms. The van der Waals surface area contributed by atoms with Gasteiger partial charge in [0.05, 0.1) is 0 Å². The molecule has 0 fully saturated rings. The van der Waals surface area contributed by atoms with Crippen molar-refractivity contribution in [2.75, 3.05) is 0 Å². The lowest BCUT2D eigenvalue weighted by molar-refractivity contribution is -0.267. The molecule has 0 amide bonds. The summed E-state index contributed by atoms with van der Waals surface area (Å²) >= 11 is 0. The molecule has 0 bridgehead atoms. The zero-order chi connectivity index (χ0) is 17.9. The highest BCUT2D eigenvalue weighted by molar-refractivity contribution is 5.66. The molecular formula is C20H32O4. The Hall–Kier alpha value is -1.65. The van der Waals surface area contributed by atoms with E-state index in [1.54, 1.807) is 0 Å². The first-order valence-electron chi connectivity index (χ1n) is 8.86. The second kappa shape index (κ2) is 17.7. The van der Waals surface area contributed by atoms with Crippen molar-refractivity contribution in [2.45, 2.75) is 70.8 Å². The van der Waals surface area contributed by atoms with Gasteiger partial charge in [0.2, 0.25) is 0 Å². The minimum absolute atomic E-state index is 0.219. The van der Waals surface area contributed by atoms with Gasteiger partial charge in [-0.25, -0.2) is 4.89 Å². The van der Waals surface area contributed by atoms with Crippen LogP contribution in [0.25, 0.3) is 0 Å². The Labute approximate surface area is 146 Å². The predicted octanol–water partition coefficient (Wildman–Crippen LogP) is 5.68. The molecule has 0 rings (SSSR count). The summed E-state index contributed by atoms with van der Waals surface area (Å²) in [5.41, 5.74) is 0. The number of carboxylic acid groups (broad SMARTS) is 1. The van der Waals surface area contributed by atoms with Crippen molar-refractivity contribution in [1.29, 1.82) is 0 Å². The van der Waals surface area contributed by atoms with E-state index >= 15 is 0 Å². The van der Waals surface area contributed by atoms with E-state index < -0.39 is 5.97 Å². The first-order chi connectivity index (χ1) is 11.7. The monoisotopic (exact) mass is 336 g/mol. The molecule has 4 heteroatoms. The lowest BCUT2D eigenvalue weighted by Crippen LogP contribution is -2.06. The van der Waals surface area contributed by atoms with Crippen LogP contribution in [-0.2, 0) is 9.68 Å². The third-order valence-electron chi connectivity index (χ3n) is 3.44. The molecule has 0 aromatic carbocycles. The quantitative estimate of drug-likeness (QED) is 0.133. The second-order valence-electron chi connectivity index (χ2n) is 5.65. The SMILES string of the molecule is CCCCC[C@@H](/C=C/C=C\CC=CCC=CCCCC(=O)O)OO. The Balaban J connectivity index is 3.70. The fourth-order valence-corrected chi connectivity index (χ4v) is 2.06. The summed E-state index contributed by atoms with van der Waals surface area (Å²) in [6.45, 7) is 2.15. The van der Waals surface area contributed by atoms with Gasteiger partial charge < -0.3 is 5.11 Å². The second-order valence-corrected chi connectivity index (χ2v) is 5.65. The molecule has 2 N–H and O–H groups in total. The highest BCUT2D eigenvalue weighted by atomic mass is 17.1. The van der Waals surface area contributed by atoms with E-state index in [0.717, 1.165) is 44.9 Å². The number of aliphatic carboxylic acids is 1. The maximum Gasteiger partial charge on any atom is 0.303 e. The molecule has 0 saturated heterocycles. The van der Waals surface area contributed by atoms with Crippen molar-refractivity contribution < 1.29 is 20.0 Å². The van der Waals surface area contributed by atoms with Crippen LogP contribution in [0.1, 0.15) is 64.7 Å². The van der Waals surface area contributed by atoms with Gasteiger partial charge in [0, 0.05) is 6.42 Å². The van der Waals surface area contributed by atoms with Gasteiger partial charge in [-0.1, -0.05) is 74.8 Å². The maximum atomic E-state index is 10.3. The Morgan fingerprint density at radius 3 is 2.38 bits per heavy atom. The highest BCUT2D eigenvalue weighted by Gasteiger charge is 2.02. The molecule has 136 valence electrons. The molecule has 0 saturated carbocycles. The summed E-state index contributed by atoms with van der Waals surface area (Å²) < 4.78 is 0. The third-order valence-corrected chi connectivity index (χ3v) is 3.44. The first kappa shape index (κ1) is 22.4. The summed E-state index contributed by atoms with van der Waals surface area (Å²) in [5, 5.41) is 17.3. The molecule has 0 aliphatic heterocycles. The average molecular weight is 336 g/mol. The van der Waals surface area contributed by atoms with Gasteiger partial charge >= 0.3 is 5.97 Å². The number of carboxylic acids is 1. The Kier molecular flexibility index (Phi) is 16.5. The number of allylic oxidation sites excluding steroid dienone is 7. The summed E-state index contributed by atoms with van der Waals surface area (Å²) in [7, 11) is 0. The third kappa shape index (κ3) is 16.7. The van der Waals surface area contributed by atoms with Gasteiger partial charge in [-0.05, 0) is 32.1 Å². The van der Waals surface area contributed by atoms with Gasteiger partial charge in [-0.15, -0.1) is 0 Å². The summed E-state index contributed by atoms with van der Waals surface area (Å²) in [6, 6.07) is 0. The van der Waals surface area contributed by atoms with Crippen LogP contribution in [-0.4, -0.2) is 22.4 Å². The van der Waals surface area contributed by atoms with E-state index in [2.05, 4.69) is 30.0 Å². The lowest BCUT2D eigenvalue weighted by Gasteiger charge is -2.07. The van der Waals surface area contributed by atoms with Gasteiger partial charge in [-0.2, -0.15) is 0 Å². The maximum absolute atomic E-state index is 10.3. The van der Waals surface area contributed by atoms with Crippen LogP contribution in [0.5, 0.6) is 0 Å². The van der Waals surface area contributed by atoms with E-state index in [-0.39, 0.29) is 12.5 Å². The lowest BCUT2D eigenvalue weighted by atomic mass is 10.1. The molecule has 4 nitrogen and oxygen atoms in total. The normalized spacial score (nSPS) is 13.8. The van der Waals surface area contributed by atoms with Crippen LogP contribution in [0.3, 0.4) is 0 Å². The van der Waals surface area contributed by atoms with E-state index in [0.29, 0.717) is 6.42 Å². The van der Waals surface area contributed by atoms with Crippen molar-refractivity contribution in [3.8, 4) is 0 Å². The molecule has 0 aliphatic carbocycles. The fourth-order valence-electron chi connectivity index (χ4n) is 2.06. The summed E-state index contributed by atoms with van der Waals surface area (Å²) in [5.74, 6) is -0.734. The fraction of sp³-hybridized carbons (Fsp3) is 0.550. The largest absolute Gasteiger partial charge is 0.481 e. The average Bonchev–Trinajstić information content (AvgIpc) is 2.57. The zero-order valence-electron chi connectivity index (χ0n) is 14.8. The van der Waals surface area contributed by atoms with Crippen molar-refractivity contribution >= 4 is 5.97 Å². The highest BCUT2D eigenvalue weighted by Crippen LogP contribution is 2.07. The van der Waals surface area contributed by atoms with Crippen LogP contribution in [0.15, 0.2) is 48.6 Å². The minimum atomic E-state index is -0.734. The smallest absolute Gasteiger partial charge is 0.303 e. The Bertz CT molecular complexity index is 408. The van der Waals surface area contributed by atoms with E-state index in [4.69, 9.17) is 10.4 Å². The number of carbonyl (C=O) groups is 1. The van der Waals surface area contributed by atoms with Crippen molar-refractivity contribution in [3.05, 3.63) is 48.6 Å². The molecule has 0 unspecified atom stereocenters. The summed E-state index contributed by atoms with van der Waals surface area (Å²) in [4.78, 5) is 14.8. The number of hydrogen-bond acceptors (Lipinski definition) is 3. The van der Waals surface area contributed by atoms with Crippen LogP contribution in [0.4, 0.5) is 0 Å². The summed E-state index contributed by atoms with van der Waals surface area (Å²) in [6.07, 6.45) is 23.5. The molecule has 24 heavy (non-hydrogen) atoms. The van der Waals surface area contributed by atoms with E-state index in [9.17, 15) is 4.79 Å². The van der Waals surface area contributed by atoms with Crippen LogP contribution in [0.2, 0.25) is 0 Å². The Morgan fingerprint density at radius 2 is 1.71 bits per heavy atom. The molecule has 0 aromatic rings. The minimum Gasteiger partial charge on any atom is -0.481 e. The van der Waals surface area contributed by atoms with Gasteiger partial charge in [0.1, 0.15) is 6.10 Å².